The molecule has 146 valence electrons. The highest BCUT2D eigenvalue weighted by Crippen LogP contribution is 2.38. The first-order chi connectivity index (χ1) is 13.7. The van der Waals surface area contributed by atoms with Crippen LogP contribution in [-0.4, -0.2) is 0 Å². The Labute approximate surface area is 168 Å². The molecule has 4 rings (SSSR count). The van der Waals surface area contributed by atoms with Gasteiger partial charge < -0.3 is 0 Å². The summed E-state index contributed by atoms with van der Waals surface area (Å²) in [5.41, 5.74) is 4.35. The number of aryl methyl sites for hydroxylation is 1. The van der Waals surface area contributed by atoms with Gasteiger partial charge in [0.05, 0.1) is 0 Å². The second kappa shape index (κ2) is 8.47. The van der Waals surface area contributed by atoms with Gasteiger partial charge in [0.15, 0.2) is 0 Å². The van der Waals surface area contributed by atoms with Gasteiger partial charge in [0.1, 0.15) is 5.82 Å². The van der Waals surface area contributed by atoms with Gasteiger partial charge in [-0.05, 0) is 66.0 Å². The van der Waals surface area contributed by atoms with E-state index in [1.807, 2.05) is 18.2 Å². The molecule has 0 bridgehead atoms. The minimum atomic E-state index is -0.104. The highest BCUT2D eigenvalue weighted by atomic mass is 19.1. The predicted molar refractivity (Wildman–Crippen MR) is 118 cm³/mol. The van der Waals surface area contributed by atoms with E-state index in [1.54, 1.807) is 0 Å². The maximum absolute atomic E-state index is 15.2. The van der Waals surface area contributed by atoms with E-state index in [-0.39, 0.29) is 5.82 Å². The molecule has 0 amide bonds. The van der Waals surface area contributed by atoms with Crippen molar-refractivity contribution in [2.75, 3.05) is 0 Å². The van der Waals surface area contributed by atoms with Crippen molar-refractivity contribution in [1.29, 1.82) is 0 Å². The lowest BCUT2D eigenvalue weighted by atomic mass is 9.77. The SMILES string of the molecule is CCCC1CCC(c2ccc(-c3ccc4cc(CC)ccc4c3F)cc2)CC1. The first kappa shape index (κ1) is 19.2. The second-order valence-corrected chi connectivity index (χ2v) is 8.46. The summed E-state index contributed by atoms with van der Waals surface area (Å²) in [6.07, 6.45) is 8.98. The summed E-state index contributed by atoms with van der Waals surface area (Å²) in [7, 11) is 0. The number of hydrogen-bond acceptors (Lipinski definition) is 0. The Bertz CT molecular complexity index is 930. The Morgan fingerprint density at radius 3 is 2.29 bits per heavy atom. The van der Waals surface area contributed by atoms with Crippen LogP contribution in [-0.2, 0) is 6.42 Å². The van der Waals surface area contributed by atoms with E-state index in [0.29, 0.717) is 16.9 Å². The third-order valence-electron chi connectivity index (χ3n) is 6.66. The largest absolute Gasteiger partial charge is 0.206 e. The fraction of sp³-hybridized carbons (Fsp3) is 0.407. The molecule has 3 aromatic carbocycles. The molecular formula is C27H31F. The highest BCUT2D eigenvalue weighted by molar-refractivity contribution is 5.88. The van der Waals surface area contributed by atoms with E-state index in [9.17, 15) is 0 Å². The Morgan fingerprint density at radius 1 is 0.857 bits per heavy atom. The third-order valence-corrected chi connectivity index (χ3v) is 6.66. The minimum absolute atomic E-state index is 0.104. The third kappa shape index (κ3) is 3.85. The van der Waals surface area contributed by atoms with Crippen LogP contribution in [0.25, 0.3) is 21.9 Å². The summed E-state index contributed by atoms with van der Waals surface area (Å²) in [6, 6.07) is 18.7. The molecule has 1 saturated carbocycles. The molecule has 0 aliphatic heterocycles. The summed E-state index contributed by atoms with van der Waals surface area (Å²) in [4.78, 5) is 0. The van der Waals surface area contributed by atoms with Crippen LogP contribution in [0.2, 0.25) is 0 Å². The molecular weight excluding hydrogens is 343 g/mol. The van der Waals surface area contributed by atoms with E-state index in [0.717, 1.165) is 23.3 Å². The van der Waals surface area contributed by atoms with Crippen molar-refractivity contribution in [2.24, 2.45) is 5.92 Å². The molecule has 0 spiro atoms. The van der Waals surface area contributed by atoms with Gasteiger partial charge in [-0.2, -0.15) is 0 Å². The summed E-state index contributed by atoms with van der Waals surface area (Å²) < 4.78 is 15.2. The number of benzene rings is 3. The molecule has 3 aromatic rings. The van der Waals surface area contributed by atoms with Crippen molar-refractivity contribution in [3.8, 4) is 11.1 Å². The molecule has 1 aliphatic rings. The maximum Gasteiger partial charge on any atom is 0.138 e. The molecule has 1 aliphatic carbocycles. The first-order valence-corrected chi connectivity index (χ1v) is 11.0. The van der Waals surface area contributed by atoms with Crippen molar-refractivity contribution in [3.63, 3.8) is 0 Å². The summed E-state index contributed by atoms with van der Waals surface area (Å²) >= 11 is 0. The van der Waals surface area contributed by atoms with Gasteiger partial charge in [0.25, 0.3) is 0 Å². The van der Waals surface area contributed by atoms with Crippen LogP contribution in [0.1, 0.15) is 69.4 Å². The molecule has 0 aromatic heterocycles. The molecule has 0 unspecified atom stereocenters. The first-order valence-electron chi connectivity index (χ1n) is 11.0. The van der Waals surface area contributed by atoms with Crippen LogP contribution in [0.3, 0.4) is 0 Å². The standard InChI is InChI=1S/C27H31F/c1-3-5-20-6-9-21(10-7-20)22-11-13-23(14-12-22)25-17-15-24-18-19(4-2)8-16-26(24)27(25)28/h8,11-18,20-21H,3-7,9-10H2,1-2H3. The summed E-state index contributed by atoms with van der Waals surface area (Å²) in [6.45, 7) is 4.42. The second-order valence-electron chi connectivity index (χ2n) is 8.46. The molecule has 28 heavy (non-hydrogen) atoms. The van der Waals surface area contributed by atoms with Crippen LogP contribution in [0.15, 0.2) is 54.6 Å². The van der Waals surface area contributed by atoms with Gasteiger partial charge in [-0.15, -0.1) is 0 Å². The molecule has 0 heterocycles. The zero-order valence-electron chi connectivity index (χ0n) is 17.2. The lowest BCUT2D eigenvalue weighted by molar-refractivity contribution is 0.308. The fourth-order valence-electron chi connectivity index (χ4n) is 4.91. The lowest BCUT2D eigenvalue weighted by Crippen LogP contribution is -2.13. The Hall–Kier alpha value is -2.15. The summed E-state index contributed by atoms with van der Waals surface area (Å²) in [5.74, 6) is 1.50. The van der Waals surface area contributed by atoms with Crippen LogP contribution in [0, 0.1) is 11.7 Å². The van der Waals surface area contributed by atoms with Crippen LogP contribution in [0.5, 0.6) is 0 Å². The van der Waals surface area contributed by atoms with Crippen LogP contribution in [0.4, 0.5) is 4.39 Å². The zero-order chi connectivity index (χ0) is 19.5. The van der Waals surface area contributed by atoms with Gasteiger partial charge in [0, 0.05) is 10.9 Å². The van der Waals surface area contributed by atoms with Gasteiger partial charge >= 0.3 is 0 Å². The normalized spacial score (nSPS) is 19.8. The highest BCUT2D eigenvalue weighted by Gasteiger charge is 2.22. The maximum atomic E-state index is 15.2. The van der Waals surface area contributed by atoms with Gasteiger partial charge in [0.2, 0.25) is 0 Å². The average molecular weight is 375 g/mol. The van der Waals surface area contributed by atoms with Crippen molar-refractivity contribution < 1.29 is 4.39 Å². The molecule has 0 saturated heterocycles. The van der Waals surface area contributed by atoms with E-state index < -0.39 is 0 Å². The fourth-order valence-corrected chi connectivity index (χ4v) is 4.91. The predicted octanol–water partition coefficient (Wildman–Crippen LogP) is 8.28. The van der Waals surface area contributed by atoms with E-state index in [1.165, 1.54) is 49.7 Å². The molecule has 0 radical (unpaired) electrons. The Morgan fingerprint density at radius 2 is 1.61 bits per heavy atom. The molecule has 0 N–H and O–H groups in total. The van der Waals surface area contributed by atoms with Gasteiger partial charge in [-0.3, -0.25) is 0 Å². The van der Waals surface area contributed by atoms with Crippen molar-refractivity contribution in [1.82, 2.24) is 0 Å². The average Bonchev–Trinajstić information content (AvgIpc) is 2.75. The van der Waals surface area contributed by atoms with Gasteiger partial charge in [-0.1, -0.05) is 81.3 Å². The van der Waals surface area contributed by atoms with Gasteiger partial charge in [-0.25, -0.2) is 4.39 Å². The molecule has 0 atom stereocenters. The Kier molecular flexibility index (Phi) is 5.80. The van der Waals surface area contributed by atoms with Crippen molar-refractivity contribution >= 4 is 10.8 Å². The zero-order valence-corrected chi connectivity index (χ0v) is 17.2. The topological polar surface area (TPSA) is 0 Å². The van der Waals surface area contributed by atoms with Crippen molar-refractivity contribution in [2.45, 2.75) is 64.7 Å². The van der Waals surface area contributed by atoms with Crippen molar-refractivity contribution in [3.05, 3.63) is 71.5 Å². The number of fused-ring (bicyclic) bond motifs is 1. The quantitative estimate of drug-likeness (QED) is 0.421. The monoisotopic (exact) mass is 374 g/mol. The molecule has 0 nitrogen and oxygen atoms in total. The number of rotatable bonds is 5. The van der Waals surface area contributed by atoms with Crippen LogP contribution >= 0.6 is 0 Å². The molecule has 1 fully saturated rings. The smallest absolute Gasteiger partial charge is 0.138 e. The van der Waals surface area contributed by atoms with E-state index in [2.05, 4.69) is 50.2 Å². The minimum Gasteiger partial charge on any atom is -0.206 e. The number of halogens is 1. The number of hydrogen-bond donors (Lipinski definition) is 0. The lowest BCUT2D eigenvalue weighted by Gasteiger charge is -2.28. The summed E-state index contributed by atoms with van der Waals surface area (Å²) in [5, 5.41) is 1.70. The van der Waals surface area contributed by atoms with E-state index in [4.69, 9.17) is 0 Å². The molecule has 1 heteroatoms. The Balaban J connectivity index is 1.55. The van der Waals surface area contributed by atoms with E-state index >= 15 is 4.39 Å². The van der Waals surface area contributed by atoms with Crippen LogP contribution < -0.4 is 0 Å².